The fourth-order valence-electron chi connectivity index (χ4n) is 3.69. The van der Waals surface area contributed by atoms with Crippen LogP contribution in [0.25, 0.3) is 0 Å². The van der Waals surface area contributed by atoms with E-state index in [0.29, 0.717) is 26.4 Å². The molecule has 0 spiro atoms. The molecule has 0 bridgehead atoms. The standard InChI is InChI=1S/C23H28O5/c1-23(2)27-16-20(28-23)22-21(25-14-18-11-7-4-8-12-18)19(15-26-22)24-13-17-9-5-3-6-10-17/h3-12,19-22H,13-16H2,1-2H3/t19-,20-,21+,22-/m1/s1. The molecule has 2 aromatic rings. The molecule has 0 aromatic heterocycles. The second kappa shape index (κ2) is 8.72. The van der Waals surface area contributed by atoms with Gasteiger partial charge in [0.25, 0.3) is 0 Å². The van der Waals surface area contributed by atoms with Gasteiger partial charge in [0.2, 0.25) is 0 Å². The minimum Gasteiger partial charge on any atom is -0.370 e. The minimum absolute atomic E-state index is 0.152. The Bertz CT molecular complexity index is 733. The second-order valence-electron chi connectivity index (χ2n) is 7.76. The monoisotopic (exact) mass is 384 g/mol. The van der Waals surface area contributed by atoms with Gasteiger partial charge in [-0.05, 0) is 25.0 Å². The van der Waals surface area contributed by atoms with Gasteiger partial charge in [0, 0.05) is 0 Å². The number of hydrogen-bond acceptors (Lipinski definition) is 5. The predicted octanol–water partition coefficient (Wildman–Crippen LogP) is 3.71. The molecule has 2 heterocycles. The molecule has 5 heteroatoms. The van der Waals surface area contributed by atoms with E-state index < -0.39 is 5.79 Å². The predicted molar refractivity (Wildman–Crippen MR) is 105 cm³/mol. The van der Waals surface area contributed by atoms with E-state index in [2.05, 4.69) is 24.3 Å². The van der Waals surface area contributed by atoms with Crippen molar-refractivity contribution in [2.75, 3.05) is 13.2 Å². The summed E-state index contributed by atoms with van der Waals surface area (Å²) >= 11 is 0. The highest BCUT2D eigenvalue weighted by Gasteiger charge is 2.48. The first-order chi connectivity index (χ1) is 13.6. The maximum Gasteiger partial charge on any atom is 0.163 e. The number of rotatable bonds is 7. The second-order valence-corrected chi connectivity index (χ2v) is 7.76. The SMILES string of the molecule is CC1(C)OC[C@H]([C@H]2OC[C@@H](OCc3ccccc3)[C@@H]2OCc2ccccc2)O1. The van der Waals surface area contributed by atoms with Crippen LogP contribution in [0.3, 0.4) is 0 Å². The molecule has 0 radical (unpaired) electrons. The first kappa shape index (κ1) is 19.6. The van der Waals surface area contributed by atoms with Gasteiger partial charge in [-0.15, -0.1) is 0 Å². The Kier molecular flexibility index (Phi) is 6.09. The van der Waals surface area contributed by atoms with E-state index in [9.17, 15) is 0 Å². The van der Waals surface area contributed by atoms with Crippen LogP contribution < -0.4 is 0 Å². The van der Waals surface area contributed by atoms with Crippen molar-refractivity contribution in [2.24, 2.45) is 0 Å². The molecule has 150 valence electrons. The molecule has 0 unspecified atom stereocenters. The van der Waals surface area contributed by atoms with E-state index in [0.717, 1.165) is 11.1 Å². The molecule has 28 heavy (non-hydrogen) atoms. The molecule has 0 saturated carbocycles. The van der Waals surface area contributed by atoms with Gasteiger partial charge >= 0.3 is 0 Å². The molecule has 0 aliphatic carbocycles. The van der Waals surface area contributed by atoms with Gasteiger partial charge in [-0.3, -0.25) is 0 Å². The summed E-state index contributed by atoms with van der Waals surface area (Å²) in [4.78, 5) is 0. The largest absolute Gasteiger partial charge is 0.370 e. The number of benzene rings is 2. The fraction of sp³-hybridized carbons (Fsp3) is 0.478. The van der Waals surface area contributed by atoms with Crippen LogP contribution in [-0.4, -0.2) is 43.4 Å². The zero-order valence-electron chi connectivity index (χ0n) is 16.5. The van der Waals surface area contributed by atoms with Crippen molar-refractivity contribution in [3.05, 3.63) is 71.8 Å². The summed E-state index contributed by atoms with van der Waals surface area (Å²) in [5, 5.41) is 0. The van der Waals surface area contributed by atoms with Crippen molar-refractivity contribution in [1.82, 2.24) is 0 Å². The highest BCUT2D eigenvalue weighted by atomic mass is 16.8. The Morgan fingerprint density at radius 2 is 1.46 bits per heavy atom. The summed E-state index contributed by atoms with van der Waals surface area (Å²) < 4.78 is 30.3. The van der Waals surface area contributed by atoms with Crippen molar-refractivity contribution >= 4 is 0 Å². The van der Waals surface area contributed by atoms with E-state index in [4.69, 9.17) is 23.7 Å². The summed E-state index contributed by atoms with van der Waals surface area (Å²) in [6, 6.07) is 20.3. The van der Waals surface area contributed by atoms with Crippen LogP contribution in [0.15, 0.2) is 60.7 Å². The van der Waals surface area contributed by atoms with Gasteiger partial charge in [-0.1, -0.05) is 60.7 Å². The molecule has 0 N–H and O–H groups in total. The maximum atomic E-state index is 6.30. The van der Waals surface area contributed by atoms with Crippen molar-refractivity contribution in [3.8, 4) is 0 Å². The lowest BCUT2D eigenvalue weighted by Crippen LogP contribution is -2.43. The van der Waals surface area contributed by atoms with Crippen LogP contribution in [0.4, 0.5) is 0 Å². The van der Waals surface area contributed by atoms with Crippen LogP contribution in [0.2, 0.25) is 0 Å². The Morgan fingerprint density at radius 3 is 2.04 bits per heavy atom. The van der Waals surface area contributed by atoms with E-state index in [-0.39, 0.29) is 24.4 Å². The molecule has 2 aliphatic rings. The van der Waals surface area contributed by atoms with Gasteiger partial charge in [0.1, 0.15) is 24.4 Å². The Morgan fingerprint density at radius 1 is 0.857 bits per heavy atom. The quantitative estimate of drug-likeness (QED) is 0.728. The summed E-state index contributed by atoms with van der Waals surface area (Å²) in [6.07, 6.45) is -0.750. The molecule has 4 rings (SSSR count). The third-order valence-corrected chi connectivity index (χ3v) is 5.13. The smallest absolute Gasteiger partial charge is 0.163 e. The van der Waals surface area contributed by atoms with Gasteiger partial charge in [0.15, 0.2) is 5.79 Å². The van der Waals surface area contributed by atoms with E-state index >= 15 is 0 Å². The van der Waals surface area contributed by atoms with E-state index in [1.807, 2.05) is 50.2 Å². The average molecular weight is 384 g/mol. The topological polar surface area (TPSA) is 46.2 Å². The molecule has 2 aliphatic heterocycles. The highest BCUT2D eigenvalue weighted by molar-refractivity contribution is 5.14. The van der Waals surface area contributed by atoms with Crippen LogP contribution >= 0.6 is 0 Å². The molecule has 0 amide bonds. The zero-order valence-corrected chi connectivity index (χ0v) is 16.5. The molecule has 2 saturated heterocycles. The Labute approximate surface area is 166 Å². The lowest BCUT2D eigenvalue weighted by molar-refractivity contribution is -0.164. The average Bonchev–Trinajstić information content (AvgIpc) is 3.28. The normalized spacial score (nSPS) is 29.2. The first-order valence-electron chi connectivity index (χ1n) is 9.85. The molecule has 4 atom stereocenters. The summed E-state index contributed by atoms with van der Waals surface area (Å²) in [7, 11) is 0. The van der Waals surface area contributed by atoms with Crippen LogP contribution in [0, 0.1) is 0 Å². The van der Waals surface area contributed by atoms with E-state index in [1.54, 1.807) is 0 Å². The van der Waals surface area contributed by atoms with Crippen molar-refractivity contribution in [3.63, 3.8) is 0 Å². The minimum atomic E-state index is -0.596. The summed E-state index contributed by atoms with van der Waals surface area (Å²) in [5.41, 5.74) is 2.26. The third kappa shape index (κ3) is 4.80. The molecule has 5 nitrogen and oxygen atoms in total. The van der Waals surface area contributed by atoms with Crippen molar-refractivity contribution < 1.29 is 23.7 Å². The lowest BCUT2D eigenvalue weighted by Gasteiger charge is -2.27. The zero-order chi connectivity index (χ0) is 19.4. The maximum absolute atomic E-state index is 6.30. The number of ether oxygens (including phenoxy) is 5. The first-order valence-corrected chi connectivity index (χ1v) is 9.85. The van der Waals surface area contributed by atoms with Gasteiger partial charge in [0.05, 0.1) is 26.4 Å². The molecule has 2 fully saturated rings. The lowest BCUT2D eigenvalue weighted by atomic mass is 10.1. The van der Waals surface area contributed by atoms with Gasteiger partial charge in [-0.25, -0.2) is 0 Å². The highest BCUT2D eigenvalue weighted by Crippen LogP contribution is 2.32. The summed E-state index contributed by atoms with van der Waals surface area (Å²) in [6.45, 7) is 5.86. The van der Waals surface area contributed by atoms with Gasteiger partial charge < -0.3 is 23.7 Å². The molecular weight excluding hydrogens is 356 g/mol. The Hall–Kier alpha value is -1.76. The molecular formula is C23H28O5. The van der Waals surface area contributed by atoms with Crippen molar-refractivity contribution in [2.45, 2.75) is 57.3 Å². The van der Waals surface area contributed by atoms with E-state index in [1.165, 1.54) is 0 Å². The van der Waals surface area contributed by atoms with Crippen LogP contribution in [0.1, 0.15) is 25.0 Å². The molecule has 2 aromatic carbocycles. The van der Waals surface area contributed by atoms with Crippen molar-refractivity contribution in [1.29, 1.82) is 0 Å². The van der Waals surface area contributed by atoms with Crippen LogP contribution in [-0.2, 0) is 36.9 Å². The summed E-state index contributed by atoms with van der Waals surface area (Å²) in [5.74, 6) is -0.596. The third-order valence-electron chi connectivity index (χ3n) is 5.13. The van der Waals surface area contributed by atoms with Crippen LogP contribution in [0.5, 0.6) is 0 Å². The fourth-order valence-corrected chi connectivity index (χ4v) is 3.69. The van der Waals surface area contributed by atoms with Gasteiger partial charge in [-0.2, -0.15) is 0 Å². The number of hydrogen-bond donors (Lipinski definition) is 0. The Balaban J connectivity index is 1.43.